The zero-order valence-corrected chi connectivity index (χ0v) is 20.9. The molecule has 8 heteroatoms. The number of oxazole rings is 1. The van der Waals surface area contributed by atoms with E-state index in [1.165, 1.54) is 19.4 Å². The Labute approximate surface area is 206 Å². The van der Waals surface area contributed by atoms with E-state index in [2.05, 4.69) is 34.0 Å². The maximum Gasteiger partial charge on any atom is 0.182 e. The fraction of sp³-hybridized carbons (Fsp3) is 0.407. The zero-order valence-electron chi connectivity index (χ0n) is 20.9. The summed E-state index contributed by atoms with van der Waals surface area (Å²) < 4.78 is 11.1. The molecule has 0 spiro atoms. The van der Waals surface area contributed by atoms with Crippen molar-refractivity contribution in [1.29, 1.82) is 0 Å². The SMILES string of the molecule is CC(C)c1cc(-c2ncoc2-c2ccc(N(C)CCN3CCOCC3)cc2)c(O)cc1O.CC=O. The van der Waals surface area contributed by atoms with Gasteiger partial charge in [0, 0.05) is 56.1 Å². The van der Waals surface area contributed by atoms with Crippen LogP contribution in [0.25, 0.3) is 22.6 Å². The summed E-state index contributed by atoms with van der Waals surface area (Å²) in [6, 6.07) is 11.3. The molecule has 35 heavy (non-hydrogen) atoms. The van der Waals surface area contributed by atoms with Gasteiger partial charge in [-0.1, -0.05) is 13.8 Å². The Morgan fingerprint density at radius 3 is 2.40 bits per heavy atom. The molecule has 2 N–H and O–H groups in total. The number of carbonyl (C=O) groups is 1. The third kappa shape index (κ3) is 6.61. The molecule has 3 aromatic rings. The molecule has 0 aliphatic carbocycles. The summed E-state index contributed by atoms with van der Waals surface area (Å²) in [5.41, 5.74) is 3.85. The van der Waals surface area contributed by atoms with Crippen molar-refractivity contribution in [3.05, 3.63) is 48.4 Å². The number of likely N-dealkylation sites (N-methyl/N-ethyl adjacent to an activating group) is 1. The fourth-order valence-electron chi connectivity index (χ4n) is 4.00. The number of ether oxygens (including phenoxy) is 1. The Morgan fingerprint density at radius 1 is 1.11 bits per heavy atom. The van der Waals surface area contributed by atoms with Gasteiger partial charge in [-0.05, 0) is 48.7 Å². The van der Waals surface area contributed by atoms with Gasteiger partial charge in [0.05, 0.1) is 13.2 Å². The Hall–Kier alpha value is -3.36. The molecule has 0 atom stereocenters. The van der Waals surface area contributed by atoms with E-state index in [0.29, 0.717) is 17.0 Å². The number of aldehydes is 1. The molecule has 0 bridgehead atoms. The molecule has 0 radical (unpaired) electrons. The summed E-state index contributed by atoms with van der Waals surface area (Å²) in [7, 11) is 2.09. The van der Waals surface area contributed by atoms with Gasteiger partial charge < -0.3 is 29.1 Å². The third-order valence-electron chi connectivity index (χ3n) is 6.02. The van der Waals surface area contributed by atoms with Crippen LogP contribution in [0.15, 0.2) is 47.2 Å². The number of hydrogen-bond donors (Lipinski definition) is 2. The van der Waals surface area contributed by atoms with Gasteiger partial charge in [0.15, 0.2) is 12.2 Å². The first-order valence-electron chi connectivity index (χ1n) is 11.9. The number of phenols is 2. The van der Waals surface area contributed by atoms with Crippen molar-refractivity contribution >= 4 is 12.0 Å². The number of benzene rings is 2. The summed E-state index contributed by atoms with van der Waals surface area (Å²) in [5.74, 6) is 0.748. The van der Waals surface area contributed by atoms with Crippen molar-refractivity contribution < 1.29 is 24.2 Å². The predicted molar refractivity (Wildman–Crippen MR) is 137 cm³/mol. The first-order valence-corrected chi connectivity index (χ1v) is 11.9. The Balaban J connectivity index is 0.00000108. The number of anilines is 1. The lowest BCUT2D eigenvalue weighted by Gasteiger charge is -2.29. The highest BCUT2D eigenvalue weighted by Crippen LogP contribution is 2.41. The van der Waals surface area contributed by atoms with Crippen LogP contribution in [0, 0.1) is 0 Å². The van der Waals surface area contributed by atoms with Gasteiger partial charge in [0.25, 0.3) is 0 Å². The molecule has 0 unspecified atom stereocenters. The maximum atomic E-state index is 10.5. The minimum absolute atomic E-state index is 0.0264. The Morgan fingerprint density at radius 2 is 1.77 bits per heavy atom. The van der Waals surface area contributed by atoms with Crippen LogP contribution in [-0.4, -0.2) is 72.8 Å². The largest absolute Gasteiger partial charge is 0.508 e. The fourth-order valence-corrected chi connectivity index (χ4v) is 4.00. The lowest BCUT2D eigenvalue weighted by molar-refractivity contribution is -0.106. The molecule has 4 rings (SSSR count). The van der Waals surface area contributed by atoms with Gasteiger partial charge in [-0.3, -0.25) is 4.90 Å². The summed E-state index contributed by atoms with van der Waals surface area (Å²) >= 11 is 0. The van der Waals surface area contributed by atoms with Gasteiger partial charge in [-0.2, -0.15) is 0 Å². The van der Waals surface area contributed by atoms with Gasteiger partial charge in [-0.15, -0.1) is 0 Å². The summed E-state index contributed by atoms with van der Waals surface area (Å²) in [6.45, 7) is 11.0. The van der Waals surface area contributed by atoms with Crippen LogP contribution in [0.5, 0.6) is 11.5 Å². The van der Waals surface area contributed by atoms with Crippen LogP contribution in [0.2, 0.25) is 0 Å². The maximum absolute atomic E-state index is 10.5. The molecule has 2 aromatic carbocycles. The molecule has 2 heterocycles. The highest BCUT2D eigenvalue weighted by molar-refractivity contribution is 5.81. The van der Waals surface area contributed by atoms with Crippen LogP contribution in [0.4, 0.5) is 5.69 Å². The molecule has 0 saturated carbocycles. The second-order valence-electron chi connectivity index (χ2n) is 8.77. The number of morpholine rings is 1. The quantitative estimate of drug-likeness (QED) is 0.476. The average Bonchev–Trinajstić information content (AvgIpc) is 3.33. The van der Waals surface area contributed by atoms with E-state index in [9.17, 15) is 10.2 Å². The zero-order chi connectivity index (χ0) is 25.4. The highest BCUT2D eigenvalue weighted by Gasteiger charge is 2.20. The minimum atomic E-state index is -0.0264. The smallest absolute Gasteiger partial charge is 0.182 e. The minimum Gasteiger partial charge on any atom is -0.508 e. The molecule has 8 nitrogen and oxygen atoms in total. The third-order valence-corrected chi connectivity index (χ3v) is 6.02. The monoisotopic (exact) mass is 481 g/mol. The van der Waals surface area contributed by atoms with E-state index in [-0.39, 0.29) is 17.4 Å². The number of hydrogen-bond acceptors (Lipinski definition) is 8. The molecule has 1 saturated heterocycles. The van der Waals surface area contributed by atoms with Crippen molar-refractivity contribution in [3.63, 3.8) is 0 Å². The van der Waals surface area contributed by atoms with E-state index in [0.717, 1.165) is 62.5 Å². The van der Waals surface area contributed by atoms with Gasteiger partial charge in [-0.25, -0.2) is 4.98 Å². The van der Waals surface area contributed by atoms with Crippen molar-refractivity contribution in [2.75, 3.05) is 51.3 Å². The number of phenolic OH excluding ortho intramolecular Hbond substituents is 2. The Kier molecular flexibility index (Phi) is 9.28. The van der Waals surface area contributed by atoms with E-state index in [1.807, 2.05) is 26.0 Å². The standard InChI is InChI=1S/C25H31N3O4.C2H4O/c1-17(2)20-14-21(23(30)15-22(20)29)24-25(32-16-26-24)18-4-6-19(7-5-18)27(3)8-9-28-10-12-31-13-11-28;1-2-3/h4-7,14-17,29-30H,8-13H2,1-3H3;2H,1H3. The number of carbonyl (C=O) groups excluding carboxylic acids is 1. The van der Waals surface area contributed by atoms with Gasteiger partial charge >= 0.3 is 0 Å². The van der Waals surface area contributed by atoms with E-state index in [4.69, 9.17) is 13.9 Å². The van der Waals surface area contributed by atoms with Gasteiger partial charge in [0.2, 0.25) is 0 Å². The topological polar surface area (TPSA) is 99.3 Å². The highest BCUT2D eigenvalue weighted by atomic mass is 16.5. The summed E-state index contributed by atoms with van der Waals surface area (Å²) in [4.78, 5) is 17.8. The van der Waals surface area contributed by atoms with Crippen LogP contribution in [-0.2, 0) is 9.53 Å². The molecular formula is C27H35N3O5. The molecule has 1 fully saturated rings. The van der Waals surface area contributed by atoms with E-state index < -0.39 is 0 Å². The lowest BCUT2D eigenvalue weighted by Crippen LogP contribution is -2.40. The molecule has 1 aliphatic heterocycles. The van der Waals surface area contributed by atoms with Crippen molar-refractivity contribution in [1.82, 2.24) is 9.88 Å². The molecule has 1 aromatic heterocycles. The average molecular weight is 482 g/mol. The molecule has 1 aliphatic rings. The van der Waals surface area contributed by atoms with Crippen LogP contribution < -0.4 is 4.90 Å². The van der Waals surface area contributed by atoms with Crippen molar-refractivity contribution in [2.45, 2.75) is 26.7 Å². The molecule has 0 amide bonds. The van der Waals surface area contributed by atoms with E-state index in [1.54, 1.807) is 6.07 Å². The predicted octanol–water partition coefficient (Wildman–Crippen LogP) is 4.52. The summed E-state index contributed by atoms with van der Waals surface area (Å²) in [6.07, 6.45) is 2.13. The Bertz CT molecular complexity index is 1090. The van der Waals surface area contributed by atoms with Gasteiger partial charge in [0.1, 0.15) is 23.5 Å². The van der Waals surface area contributed by atoms with Crippen molar-refractivity contribution in [2.24, 2.45) is 0 Å². The summed E-state index contributed by atoms with van der Waals surface area (Å²) in [5, 5.41) is 20.6. The van der Waals surface area contributed by atoms with Crippen LogP contribution in [0.1, 0.15) is 32.3 Å². The van der Waals surface area contributed by atoms with Crippen LogP contribution in [0.3, 0.4) is 0 Å². The molecule has 188 valence electrons. The molecular weight excluding hydrogens is 446 g/mol. The number of rotatable bonds is 7. The lowest BCUT2D eigenvalue weighted by atomic mass is 9.96. The second kappa shape index (κ2) is 12.4. The normalized spacial score (nSPS) is 13.9. The van der Waals surface area contributed by atoms with Crippen molar-refractivity contribution in [3.8, 4) is 34.1 Å². The van der Waals surface area contributed by atoms with E-state index >= 15 is 0 Å². The second-order valence-corrected chi connectivity index (χ2v) is 8.77. The van der Waals surface area contributed by atoms with Crippen LogP contribution >= 0.6 is 0 Å². The number of aromatic nitrogens is 1. The number of nitrogens with zero attached hydrogens (tertiary/aromatic N) is 3. The first-order chi connectivity index (χ1) is 16.8. The number of aromatic hydroxyl groups is 2. The first kappa shape index (κ1) is 26.2.